The van der Waals surface area contributed by atoms with E-state index in [4.69, 9.17) is 0 Å². The third kappa shape index (κ3) is 2.79. The molecule has 0 fully saturated rings. The predicted octanol–water partition coefficient (Wildman–Crippen LogP) is 3.03. The minimum Gasteiger partial charge on any atom is -0.383 e. The van der Waals surface area contributed by atoms with E-state index in [-0.39, 0.29) is 0 Å². The average molecular weight is 213 g/mol. The highest BCUT2D eigenvalue weighted by Gasteiger charge is 2.28. The van der Waals surface area contributed by atoms with Crippen LogP contribution in [-0.2, 0) is 5.60 Å². The molecule has 0 aliphatic rings. The molecule has 0 saturated heterocycles. The first kappa shape index (κ1) is 11.7. The first-order chi connectivity index (χ1) is 6.43. The molecule has 0 bridgehead atoms. The Morgan fingerprint density at radius 1 is 1.50 bits per heavy atom. The van der Waals surface area contributed by atoms with Gasteiger partial charge in [0.05, 0.1) is 0 Å². The van der Waals surface area contributed by atoms with E-state index in [0.717, 1.165) is 11.4 Å². The standard InChI is InChI=1S/C11H19NOS/c1-8(2)9(3)7-11(4,13)10-12-5-6-14-10/h5-6,8-9,13H,7H2,1-4H3/t9-,11-/m1/s1. The van der Waals surface area contributed by atoms with Crippen LogP contribution in [0.15, 0.2) is 11.6 Å². The van der Waals surface area contributed by atoms with Crippen molar-refractivity contribution >= 4 is 11.3 Å². The average Bonchev–Trinajstić information content (AvgIpc) is 2.54. The van der Waals surface area contributed by atoms with Gasteiger partial charge in [-0.15, -0.1) is 11.3 Å². The van der Waals surface area contributed by atoms with Crippen molar-refractivity contribution in [3.05, 3.63) is 16.6 Å². The third-order valence-electron chi connectivity index (χ3n) is 2.75. The molecule has 0 unspecified atom stereocenters. The number of hydrogen-bond acceptors (Lipinski definition) is 3. The van der Waals surface area contributed by atoms with Crippen molar-refractivity contribution in [1.29, 1.82) is 0 Å². The molecule has 0 radical (unpaired) electrons. The summed E-state index contributed by atoms with van der Waals surface area (Å²) < 4.78 is 0. The van der Waals surface area contributed by atoms with Crippen LogP contribution in [0, 0.1) is 11.8 Å². The van der Waals surface area contributed by atoms with Crippen molar-refractivity contribution in [1.82, 2.24) is 4.98 Å². The van der Waals surface area contributed by atoms with Gasteiger partial charge in [0.2, 0.25) is 0 Å². The molecule has 1 aromatic heterocycles. The van der Waals surface area contributed by atoms with Crippen LogP contribution < -0.4 is 0 Å². The number of aliphatic hydroxyl groups is 1. The molecule has 0 saturated carbocycles. The number of aromatic nitrogens is 1. The zero-order valence-electron chi connectivity index (χ0n) is 9.32. The lowest BCUT2D eigenvalue weighted by molar-refractivity contribution is 0.0253. The minimum atomic E-state index is -0.766. The molecule has 1 rings (SSSR count). The second-order valence-corrected chi connectivity index (χ2v) is 5.43. The molecule has 80 valence electrons. The van der Waals surface area contributed by atoms with Crippen molar-refractivity contribution in [3.8, 4) is 0 Å². The Bertz CT molecular complexity index is 267. The van der Waals surface area contributed by atoms with Gasteiger partial charge in [-0.2, -0.15) is 0 Å². The van der Waals surface area contributed by atoms with Gasteiger partial charge in [0, 0.05) is 11.6 Å². The van der Waals surface area contributed by atoms with Crippen LogP contribution in [0.4, 0.5) is 0 Å². The lowest BCUT2D eigenvalue weighted by Gasteiger charge is -2.26. The Morgan fingerprint density at radius 3 is 2.57 bits per heavy atom. The normalized spacial score (nSPS) is 18.1. The van der Waals surface area contributed by atoms with E-state index in [1.165, 1.54) is 11.3 Å². The van der Waals surface area contributed by atoms with Crippen LogP contribution in [0.25, 0.3) is 0 Å². The zero-order valence-corrected chi connectivity index (χ0v) is 10.1. The lowest BCUT2D eigenvalue weighted by Crippen LogP contribution is -2.25. The summed E-state index contributed by atoms with van der Waals surface area (Å²) in [5, 5.41) is 13.0. The Morgan fingerprint density at radius 2 is 2.14 bits per heavy atom. The van der Waals surface area contributed by atoms with Crippen LogP contribution >= 0.6 is 11.3 Å². The highest BCUT2D eigenvalue weighted by Crippen LogP contribution is 2.31. The second-order valence-electron chi connectivity index (χ2n) is 4.54. The van der Waals surface area contributed by atoms with Gasteiger partial charge in [0.15, 0.2) is 0 Å². The molecule has 0 aromatic carbocycles. The fourth-order valence-electron chi connectivity index (χ4n) is 1.44. The Hall–Kier alpha value is -0.410. The fraction of sp³-hybridized carbons (Fsp3) is 0.727. The molecule has 0 amide bonds. The van der Waals surface area contributed by atoms with E-state index in [1.54, 1.807) is 6.20 Å². The van der Waals surface area contributed by atoms with Crippen LogP contribution in [0.5, 0.6) is 0 Å². The van der Waals surface area contributed by atoms with Gasteiger partial charge in [-0.1, -0.05) is 20.8 Å². The summed E-state index contributed by atoms with van der Waals surface area (Å²) in [6, 6.07) is 0. The van der Waals surface area contributed by atoms with Gasteiger partial charge < -0.3 is 5.11 Å². The largest absolute Gasteiger partial charge is 0.383 e. The van der Waals surface area contributed by atoms with E-state index in [2.05, 4.69) is 25.8 Å². The van der Waals surface area contributed by atoms with Crippen LogP contribution in [0.3, 0.4) is 0 Å². The van der Waals surface area contributed by atoms with Gasteiger partial charge in [-0.3, -0.25) is 0 Å². The minimum absolute atomic E-state index is 0.508. The number of hydrogen-bond donors (Lipinski definition) is 1. The number of nitrogens with zero attached hydrogens (tertiary/aromatic N) is 1. The SMILES string of the molecule is CC(C)[C@H](C)C[C@@](C)(O)c1nccs1. The first-order valence-corrected chi connectivity index (χ1v) is 5.94. The molecular weight excluding hydrogens is 194 g/mol. The third-order valence-corrected chi connectivity index (χ3v) is 3.78. The fourth-order valence-corrected chi connectivity index (χ4v) is 2.15. The Balaban J connectivity index is 2.67. The lowest BCUT2D eigenvalue weighted by atomic mass is 9.86. The molecule has 2 atom stereocenters. The molecule has 3 heteroatoms. The van der Waals surface area contributed by atoms with Gasteiger partial charge in [-0.25, -0.2) is 4.98 Å². The second kappa shape index (κ2) is 4.41. The van der Waals surface area contributed by atoms with Crippen LogP contribution in [0.2, 0.25) is 0 Å². The molecule has 1 heterocycles. The summed E-state index contributed by atoms with van der Waals surface area (Å²) in [7, 11) is 0. The van der Waals surface area contributed by atoms with Gasteiger partial charge in [0.25, 0.3) is 0 Å². The number of thiazole rings is 1. The van der Waals surface area contributed by atoms with Gasteiger partial charge in [-0.05, 0) is 25.2 Å². The molecular formula is C11H19NOS. The van der Waals surface area contributed by atoms with Crippen LogP contribution in [-0.4, -0.2) is 10.1 Å². The molecule has 2 nitrogen and oxygen atoms in total. The topological polar surface area (TPSA) is 33.1 Å². The maximum Gasteiger partial charge on any atom is 0.124 e. The maximum absolute atomic E-state index is 10.2. The predicted molar refractivity (Wildman–Crippen MR) is 60.3 cm³/mol. The van der Waals surface area contributed by atoms with Gasteiger partial charge in [0.1, 0.15) is 10.6 Å². The summed E-state index contributed by atoms with van der Waals surface area (Å²) in [5.41, 5.74) is -0.766. The summed E-state index contributed by atoms with van der Waals surface area (Å²) in [6.45, 7) is 8.39. The molecule has 1 N–H and O–H groups in total. The van der Waals surface area contributed by atoms with Crippen molar-refractivity contribution in [2.24, 2.45) is 11.8 Å². The van der Waals surface area contributed by atoms with Crippen LogP contribution in [0.1, 0.15) is 39.1 Å². The van der Waals surface area contributed by atoms with Crippen molar-refractivity contribution in [2.75, 3.05) is 0 Å². The van der Waals surface area contributed by atoms with E-state index >= 15 is 0 Å². The van der Waals surface area contributed by atoms with E-state index in [1.807, 2.05) is 12.3 Å². The summed E-state index contributed by atoms with van der Waals surface area (Å²) in [4.78, 5) is 4.17. The first-order valence-electron chi connectivity index (χ1n) is 5.06. The molecule has 14 heavy (non-hydrogen) atoms. The maximum atomic E-state index is 10.2. The highest BCUT2D eigenvalue weighted by atomic mass is 32.1. The smallest absolute Gasteiger partial charge is 0.124 e. The quantitative estimate of drug-likeness (QED) is 0.834. The summed E-state index contributed by atoms with van der Waals surface area (Å²) >= 11 is 1.52. The molecule has 0 spiro atoms. The van der Waals surface area contributed by atoms with Crippen molar-refractivity contribution in [2.45, 2.75) is 39.7 Å². The Labute approximate surface area is 90.0 Å². The summed E-state index contributed by atoms with van der Waals surface area (Å²) in [6.07, 6.45) is 2.52. The Kier molecular flexibility index (Phi) is 3.67. The zero-order chi connectivity index (χ0) is 10.8. The van der Waals surface area contributed by atoms with Crippen molar-refractivity contribution < 1.29 is 5.11 Å². The molecule has 1 aromatic rings. The van der Waals surface area contributed by atoms with Gasteiger partial charge >= 0.3 is 0 Å². The highest BCUT2D eigenvalue weighted by molar-refractivity contribution is 7.09. The van der Waals surface area contributed by atoms with E-state index < -0.39 is 5.60 Å². The summed E-state index contributed by atoms with van der Waals surface area (Å²) in [5.74, 6) is 1.11. The monoisotopic (exact) mass is 213 g/mol. The molecule has 0 aliphatic heterocycles. The van der Waals surface area contributed by atoms with E-state index in [0.29, 0.717) is 11.8 Å². The van der Waals surface area contributed by atoms with E-state index in [9.17, 15) is 5.11 Å². The number of rotatable bonds is 4. The van der Waals surface area contributed by atoms with Crippen molar-refractivity contribution in [3.63, 3.8) is 0 Å². The molecule has 0 aliphatic carbocycles.